The molecule has 22 heavy (non-hydrogen) atoms. The van der Waals surface area contributed by atoms with Crippen LogP contribution < -0.4 is 11.5 Å². The normalized spacial score (nSPS) is 12.9. The van der Waals surface area contributed by atoms with E-state index in [1.807, 2.05) is 41.5 Å². The van der Waals surface area contributed by atoms with Crippen LogP contribution >= 0.6 is 0 Å². The molecule has 0 bridgehead atoms. The molecule has 0 radical (unpaired) electrons. The van der Waals surface area contributed by atoms with Gasteiger partial charge in [0.15, 0.2) is 0 Å². The zero-order valence-corrected chi connectivity index (χ0v) is 15.8. The van der Waals surface area contributed by atoms with Gasteiger partial charge < -0.3 is 20.9 Å². The minimum Gasteiger partial charge on any atom is -0.459 e. The van der Waals surface area contributed by atoms with Gasteiger partial charge in [0.2, 0.25) is 0 Å². The highest BCUT2D eigenvalue weighted by molar-refractivity contribution is 5.80. The Hall–Kier alpha value is -1.14. The van der Waals surface area contributed by atoms with Gasteiger partial charge in [0.05, 0.1) is 0 Å². The van der Waals surface area contributed by atoms with Gasteiger partial charge >= 0.3 is 11.9 Å². The summed E-state index contributed by atoms with van der Waals surface area (Å²) in [6.45, 7) is 17.4. The molecule has 0 rings (SSSR count). The van der Waals surface area contributed by atoms with Gasteiger partial charge in [0.1, 0.15) is 22.3 Å². The van der Waals surface area contributed by atoms with Crippen LogP contribution in [-0.4, -0.2) is 34.2 Å². The molecule has 0 saturated carbocycles. The lowest BCUT2D eigenvalue weighted by Crippen LogP contribution is -2.45. The smallest absolute Gasteiger partial charge is 0.326 e. The SMILES string of the molecule is CC(C)(C)OC(=O)C(C)(C)N.CC(C)(C)OC(=O)C(C)(C)N. The second kappa shape index (κ2) is 7.42. The van der Waals surface area contributed by atoms with Crippen molar-refractivity contribution < 1.29 is 19.1 Å². The summed E-state index contributed by atoms with van der Waals surface area (Å²) in [6, 6.07) is 0. The molecule has 6 nitrogen and oxygen atoms in total. The Labute approximate surface area is 134 Å². The molecule has 0 aliphatic heterocycles. The summed E-state index contributed by atoms with van der Waals surface area (Å²) in [5, 5.41) is 0. The first-order valence-corrected chi connectivity index (χ1v) is 7.30. The van der Waals surface area contributed by atoms with E-state index in [2.05, 4.69) is 0 Å². The van der Waals surface area contributed by atoms with Crippen molar-refractivity contribution >= 4 is 11.9 Å². The molecule has 0 saturated heterocycles. The predicted molar refractivity (Wildman–Crippen MR) is 88.2 cm³/mol. The van der Waals surface area contributed by atoms with Crippen LogP contribution in [0.2, 0.25) is 0 Å². The zero-order chi connectivity index (χ0) is 18.6. The fraction of sp³-hybridized carbons (Fsp3) is 0.875. The average molecular weight is 318 g/mol. The van der Waals surface area contributed by atoms with Gasteiger partial charge in [-0.3, -0.25) is 9.59 Å². The fourth-order valence-corrected chi connectivity index (χ4v) is 0.819. The van der Waals surface area contributed by atoms with Gasteiger partial charge in [0.25, 0.3) is 0 Å². The largest absolute Gasteiger partial charge is 0.459 e. The highest BCUT2D eigenvalue weighted by atomic mass is 16.6. The third-order valence-electron chi connectivity index (χ3n) is 1.85. The number of carbonyl (C=O) groups excluding carboxylic acids is 2. The Morgan fingerprint density at radius 1 is 0.591 bits per heavy atom. The maximum absolute atomic E-state index is 11.1. The maximum Gasteiger partial charge on any atom is 0.326 e. The quantitative estimate of drug-likeness (QED) is 0.756. The van der Waals surface area contributed by atoms with Gasteiger partial charge in [-0.15, -0.1) is 0 Å². The van der Waals surface area contributed by atoms with Crippen LogP contribution in [-0.2, 0) is 19.1 Å². The molecule has 0 heterocycles. The molecular formula is C16H34N2O4. The van der Waals surface area contributed by atoms with E-state index in [0.29, 0.717) is 0 Å². The first kappa shape index (κ1) is 23.1. The lowest BCUT2D eigenvalue weighted by atomic mass is 10.1. The molecule has 6 heteroatoms. The van der Waals surface area contributed by atoms with E-state index < -0.39 is 22.3 Å². The Bertz CT molecular complexity index is 339. The Balaban J connectivity index is 0. The number of ether oxygens (including phenoxy) is 2. The minimum atomic E-state index is -0.896. The number of esters is 2. The van der Waals surface area contributed by atoms with E-state index in [4.69, 9.17) is 20.9 Å². The fourth-order valence-electron chi connectivity index (χ4n) is 0.819. The molecule has 0 amide bonds. The lowest BCUT2D eigenvalue weighted by Gasteiger charge is -2.25. The summed E-state index contributed by atoms with van der Waals surface area (Å²) < 4.78 is 10.1. The van der Waals surface area contributed by atoms with Gasteiger partial charge in [-0.2, -0.15) is 0 Å². The summed E-state index contributed by atoms with van der Waals surface area (Å²) in [5.74, 6) is -0.741. The number of nitrogens with two attached hydrogens (primary N) is 2. The molecule has 132 valence electrons. The monoisotopic (exact) mass is 318 g/mol. The first-order valence-electron chi connectivity index (χ1n) is 7.30. The van der Waals surface area contributed by atoms with Crippen LogP contribution in [0.4, 0.5) is 0 Å². The highest BCUT2D eigenvalue weighted by Crippen LogP contribution is 2.12. The van der Waals surface area contributed by atoms with Crippen molar-refractivity contribution in [2.45, 2.75) is 91.5 Å². The van der Waals surface area contributed by atoms with Gasteiger partial charge in [-0.25, -0.2) is 0 Å². The van der Waals surface area contributed by atoms with Crippen molar-refractivity contribution in [2.75, 3.05) is 0 Å². The summed E-state index contributed by atoms with van der Waals surface area (Å²) in [5.41, 5.74) is 8.33. The molecule has 0 aliphatic carbocycles. The third kappa shape index (κ3) is 13.8. The molecule has 0 atom stereocenters. The molecule has 0 spiro atoms. The Kier molecular flexibility index (Phi) is 7.80. The summed E-state index contributed by atoms with van der Waals surface area (Å²) in [7, 11) is 0. The molecular weight excluding hydrogens is 284 g/mol. The zero-order valence-electron chi connectivity index (χ0n) is 15.8. The standard InChI is InChI=1S/2C8H17NO2/c2*1-7(2,3)11-6(10)8(4,5)9/h2*9H2,1-5H3. The van der Waals surface area contributed by atoms with Crippen molar-refractivity contribution in [3.05, 3.63) is 0 Å². The van der Waals surface area contributed by atoms with Crippen molar-refractivity contribution in [3.63, 3.8) is 0 Å². The van der Waals surface area contributed by atoms with Gasteiger partial charge in [-0.05, 0) is 69.2 Å². The van der Waals surface area contributed by atoms with Crippen LogP contribution in [0.5, 0.6) is 0 Å². The third-order valence-corrected chi connectivity index (χ3v) is 1.85. The van der Waals surface area contributed by atoms with Crippen molar-refractivity contribution in [1.82, 2.24) is 0 Å². The Morgan fingerprint density at radius 2 is 0.773 bits per heavy atom. The van der Waals surface area contributed by atoms with Crippen LogP contribution in [0.1, 0.15) is 69.2 Å². The maximum atomic E-state index is 11.1. The van der Waals surface area contributed by atoms with Crippen LogP contribution in [0.15, 0.2) is 0 Å². The molecule has 0 unspecified atom stereocenters. The molecule has 4 N–H and O–H groups in total. The van der Waals surface area contributed by atoms with Crippen molar-refractivity contribution in [2.24, 2.45) is 11.5 Å². The number of hydrogen-bond donors (Lipinski definition) is 2. The predicted octanol–water partition coefficient (Wildman–Crippen LogP) is 2.13. The van der Waals surface area contributed by atoms with E-state index >= 15 is 0 Å². The van der Waals surface area contributed by atoms with Crippen LogP contribution in [0.25, 0.3) is 0 Å². The molecule has 0 aromatic rings. The highest BCUT2D eigenvalue weighted by Gasteiger charge is 2.28. The average Bonchev–Trinajstić information content (AvgIpc) is 2.09. The van der Waals surface area contributed by atoms with Gasteiger partial charge in [0, 0.05) is 0 Å². The van der Waals surface area contributed by atoms with E-state index in [1.54, 1.807) is 27.7 Å². The number of hydrogen-bond acceptors (Lipinski definition) is 6. The lowest BCUT2D eigenvalue weighted by molar-refractivity contribution is -0.161. The van der Waals surface area contributed by atoms with E-state index in [0.717, 1.165) is 0 Å². The second-order valence-corrected chi connectivity index (χ2v) is 8.45. The summed E-state index contributed by atoms with van der Waals surface area (Å²) in [6.07, 6.45) is 0. The molecule has 0 aromatic carbocycles. The first-order chi connectivity index (χ1) is 9.26. The summed E-state index contributed by atoms with van der Waals surface area (Å²) >= 11 is 0. The molecule has 0 aromatic heterocycles. The van der Waals surface area contributed by atoms with Crippen LogP contribution in [0, 0.1) is 0 Å². The number of rotatable bonds is 2. The van der Waals surface area contributed by atoms with Crippen LogP contribution in [0.3, 0.4) is 0 Å². The van der Waals surface area contributed by atoms with E-state index in [1.165, 1.54) is 0 Å². The van der Waals surface area contributed by atoms with E-state index in [9.17, 15) is 9.59 Å². The summed E-state index contributed by atoms with van der Waals surface area (Å²) in [4.78, 5) is 22.3. The minimum absolute atomic E-state index is 0.370. The molecule has 0 fully saturated rings. The van der Waals surface area contributed by atoms with E-state index in [-0.39, 0.29) is 11.9 Å². The molecule has 0 aliphatic rings. The number of carbonyl (C=O) groups is 2. The topological polar surface area (TPSA) is 105 Å². The van der Waals surface area contributed by atoms with Gasteiger partial charge in [-0.1, -0.05) is 0 Å². The van der Waals surface area contributed by atoms with Crippen molar-refractivity contribution in [1.29, 1.82) is 0 Å². The second-order valence-electron chi connectivity index (χ2n) is 8.45. The Morgan fingerprint density at radius 3 is 0.818 bits per heavy atom. The van der Waals surface area contributed by atoms with Crippen molar-refractivity contribution in [3.8, 4) is 0 Å².